The van der Waals surface area contributed by atoms with Gasteiger partial charge in [-0.25, -0.2) is 4.98 Å². The molecule has 0 bridgehead atoms. The average molecular weight is 205 g/mol. The van der Waals surface area contributed by atoms with Crippen molar-refractivity contribution in [2.75, 3.05) is 6.61 Å². The van der Waals surface area contributed by atoms with Crippen molar-refractivity contribution in [1.82, 2.24) is 9.97 Å². The number of nitrogens with two attached hydrogens (primary N) is 1. The van der Waals surface area contributed by atoms with Gasteiger partial charge in [0.1, 0.15) is 11.6 Å². The normalized spacial score (nSPS) is 13.0. The topological polar surface area (TPSA) is 63.9 Å². The standard InChI is InChI=1S/C11H15N3O/c1-3-15-8-4-5-9-10(6-8)14-11(13-9)7(2)12/h4-7H,3,12H2,1-2H3,(H,13,14)/t7-/m1/s1. The van der Waals surface area contributed by atoms with Gasteiger partial charge in [-0.1, -0.05) is 0 Å². The van der Waals surface area contributed by atoms with Gasteiger partial charge in [-0.2, -0.15) is 0 Å². The first-order valence-electron chi connectivity index (χ1n) is 5.08. The molecular weight excluding hydrogens is 190 g/mol. The van der Waals surface area contributed by atoms with Crippen molar-refractivity contribution in [3.63, 3.8) is 0 Å². The number of hydrogen-bond acceptors (Lipinski definition) is 3. The van der Waals surface area contributed by atoms with E-state index in [9.17, 15) is 0 Å². The minimum Gasteiger partial charge on any atom is -0.494 e. The molecule has 0 amide bonds. The molecule has 15 heavy (non-hydrogen) atoms. The van der Waals surface area contributed by atoms with E-state index in [1.54, 1.807) is 0 Å². The van der Waals surface area contributed by atoms with Crippen LogP contribution in [-0.4, -0.2) is 16.6 Å². The van der Waals surface area contributed by atoms with Crippen LogP contribution in [0.15, 0.2) is 18.2 Å². The fourth-order valence-electron chi connectivity index (χ4n) is 1.48. The highest BCUT2D eigenvalue weighted by molar-refractivity contribution is 5.76. The Kier molecular flexibility index (Phi) is 2.60. The van der Waals surface area contributed by atoms with Gasteiger partial charge in [0.2, 0.25) is 0 Å². The number of nitrogens with zero attached hydrogens (tertiary/aromatic N) is 1. The minimum atomic E-state index is -0.0760. The van der Waals surface area contributed by atoms with Crippen molar-refractivity contribution in [2.45, 2.75) is 19.9 Å². The zero-order valence-electron chi connectivity index (χ0n) is 8.95. The lowest BCUT2D eigenvalue weighted by Crippen LogP contribution is -2.06. The summed E-state index contributed by atoms with van der Waals surface area (Å²) >= 11 is 0. The van der Waals surface area contributed by atoms with Gasteiger partial charge in [0.25, 0.3) is 0 Å². The van der Waals surface area contributed by atoms with Crippen LogP contribution in [0, 0.1) is 0 Å². The van der Waals surface area contributed by atoms with Crippen molar-refractivity contribution < 1.29 is 4.74 Å². The van der Waals surface area contributed by atoms with Crippen molar-refractivity contribution in [2.24, 2.45) is 5.73 Å². The van der Waals surface area contributed by atoms with Crippen molar-refractivity contribution >= 4 is 11.0 Å². The first-order chi connectivity index (χ1) is 7.20. The Morgan fingerprint density at radius 3 is 3.00 bits per heavy atom. The Morgan fingerprint density at radius 2 is 2.33 bits per heavy atom. The van der Waals surface area contributed by atoms with E-state index in [-0.39, 0.29) is 6.04 Å². The van der Waals surface area contributed by atoms with Gasteiger partial charge in [0.15, 0.2) is 0 Å². The molecule has 2 aromatic rings. The van der Waals surface area contributed by atoms with Gasteiger partial charge in [0.05, 0.1) is 23.7 Å². The maximum atomic E-state index is 5.75. The summed E-state index contributed by atoms with van der Waals surface area (Å²) in [6, 6.07) is 5.71. The van der Waals surface area contributed by atoms with Crippen LogP contribution >= 0.6 is 0 Å². The Balaban J connectivity index is 2.43. The van der Waals surface area contributed by atoms with Gasteiger partial charge >= 0.3 is 0 Å². The van der Waals surface area contributed by atoms with E-state index in [0.29, 0.717) is 6.61 Å². The quantitative estimate of drug-likeness (QED) is 0.805. The van der Waals surface area contributed by atoms with Crippen LogP contribution in [0.25, 0.3) is 11.0 Å². The molecule has 0 aliphatic heterocycles. The van der Waals surface area contributed by atoms with Gasteiger partial charge in [-0.15, -0.1) is 0 Å². The first-order valence-corrected chi connectivity index (χ1v) is 5.08. The van der Waals surface area contributed by atoms with Crippen LogP contribution in [0.3, 0.4) is 0 Å². The van der Waals surface area contributed by atoms with Crippen LogP contribution in [0.2, 0.25) is 0 Å². The van der Waals surface area contributed by atoms with E-state index in [0.717, 1.165) is 22.6 Å². The summed E-state index contributed by atoms with van der Waals surface area (Å²) in [5.74, 6) is 1.66. The lowest BCUT2D eigenvalue weighted by Gasteiger charge is -2.00. The lowest BCUT2D eigenvalue weighted by atomic mass is 10.3. The molecule has 0 fully saturated rings. The first kappa shape index (κ1) is 9.98. The van der Waals surface area contributed by atoms with Crippen molar-refractivity contribution in [1.29, 1.82) is 0 Å². The molecule has 3 N–H and O–H groups in total. The molecule has 0 aliphatic carbocycles. The number of nitrogens with one attached hydrogen (secondary N) is 1. The summed E-state index contributed by atoms with van der Waals surface area (Å²) in [6.45, 7) is 4.53. The number of H-pyrrole nitrogens is 1. The largest absolute Gasteiger partial charge is 0.494 e. The minimum absolute atomic E-state index is 0.0760. The number of hydrogen-bond donors (Lipinski definition) is 2. The number of imidazole rings is 1. The molecule has 0 radical (unpaired) electrons. The van der Waals surface area contributed by atoms with E-state index < -0.39 is 0 Å². The highest BCUT2D eigenvalue weighted by Gasteiger charge is 2.06. The van der Waals surface area contributed by atoms with E-state index in [1.807, 2.05) is 32.0 Å². The molecule has 4 heteroatoms. The summed E-state index contributed by atoms with van der Waals surface area (Å²) in [5.41, 5.74) is 7.64. The highest BCUT2D eigenvalue weighted by Crippen LogP contribution is 2.20. The Hall–Kier alpha value is -1.55. The summed E-state index contributed by atoms with van der Waals surface area (Å²) in [7, 11) is 0. The van der Waals surface area contributed by atoms with Crippen LogP contribution in [0.4, 0.5) is 0 Å². The second-order valence-electron chi connectivity index (χ2n) is 3.52. The highest BCUT2D eigenvalue weighted by atomic mass is 16.5. The molecule has 80 valence electrons. The SMILES string of the molecule is CCOc1ccc2nc([C@@H](C)N)[nH]c2c1. The fraction of sp³-hybridized carbons (Fsp3) is 0.364. The molecule has 0 aliphatic rings. The summed E-state index contributed by atoms with van der Waals surface area (Å²) in [5, 5.41) is 0. The molecule has 0 saturated heterocycles. The average Bonchev–Trinajstić information content (AvgIpc) is 2.61. The second-order valence-corrected chi connectivity index (χ2v) is 3.52. The van der Waals surface area contributed by atoms with Gasteiger partial charge < -0.3 is 15.5 Å². The third-order valence-corrected chi connectivity index (χ3v) is 2.21. The van der Waals surface area contributed by atoms with Gasteiger partial charge in [-0.05, 0) is 26.0 Å². The van der Waals surface area contributed by atoms with Crippen molar-refractivity contribution in [3.05, 3.63) is 24.0 Å². The summed E-state index contributed by atoms with van der Waals surface area (Å²) in [4.78, 5) is 7.56. The molecule has 4 nitrogen and oxygen atoms in total. The number of ether oxygens (including phenoxy) is 1. The van der Waals surface area contributed by atoms with Crippen LogP contribution in [0.5, 0.6) is 5.75 Å². The molecular formula is C11H15N3O. The fourth-order valence-corrected chi connectivity index (χ4v) is 1.48. The molecule has 1 aromatic carbocycles. The molecule has 1 atom stereocenters. The zero-order chi connectivity index (χ0) is 10.8. The molecule has 2 rings (SSSR count). The van der Waals surface area contributed by atoms with E-state index >= 15 is 0 Å². The summed E-state index contributed by atoms with van der Waals surface area (Å²) in [6.07, 6.45) is 0. The maximum Gasteiger partial charge on any atom is 0.123 e. The van der Waals surface area contributed by atoms with Crippen LogP contribution in [-0.2, 0) is 0 Å². The number of benzene rings is 1. The monoisotopic (exact) mass is 205 g/mol. The van der Waals surface area contributed by atoms with E-state index in [1.165, 1.54) is 0 Å². The molecule has 0 spiro atoms. The van der Waals surface area contributed by atoms with Crippen molar-refractivity contribution in [3.8, 4) is 5.75 Å². The predicted molar refractivity (Wildman–Crippen MR) is 59.9 cm³/mol. The third kappa shape index (κ3) is 1.94. The van der Waals surface area contributed by atoms with Crippen LogP contribution in [0.1, 0.15) is 25.7 Å². The molecule has 0 saturated carbocycles. The molecule has 1 heterocycles. The predicted octanol–water partition coefficient (Wildman–Crippen LogP) is 1.98. The number of aromatic nitrogens is 2. The maximum absolute atomic E-state index is 5.75. The van der Waals surface area contributed by atoms with Crippen LogP contribution < -0.4 is 10.5 Å². The van der Waals surface area contributed by atoms with Gasteiger partial charge in [0, 0.05) is 6.07 Å². The van der Waals surface area contributed by atoms with E-state index in [2.05, 4.69) is 9.97 Å². The number of fused-ring (bicyclic) bond motifs is 1. The Bertz CT molecular complexity index is 462. The second kappa shape index (κ2) is 3.90. The number of aromatic amines is 1. The lowest BCUT2D eigenvalue weighted by molar-refractivity contribution is 0.340. The molecule has 0 unspecified atom stereocenters. The third-order valence-electron chi connectivity index (χ3n) is 2.21. The number of rotatable bonds is 3. The Labute approximate surface area is 88.5 Å². The molecule has 1 aromatic heterocycles. The summed E-state index contributed by atoms with van der Waals surface area (Å²) < 4.78 is 5.40. The smallest absolute Gasteiger partial charge is 0.123 e. The van der Waals surface area contributed by atoms with E-state index in [4.69, 9.17) is 10.5 Å². The zero-order valence-corrected chi connectivity index (χ0v) is 8.95. The van der Waals surface area contributed by atoms with Gasteiger partial charge in [-0.3, -0.25) is 0 Å². The Morgan fingerprint density at radius 1 is 1.53 bits per heavy atom.